The molecule has 2 aliphatic rings. The minimum Gasteiger partial charge on any atom is -0.341 e. The summed E-state index contributed by atoms with van der Waals surface area (Å²) in [7, 11) is 0. The summed E-state index contributed by atoms with van der Waals surface area (Å²) in [6.45, 7) is 7.53. The Morgan fingerprint density at radius 3 is 2.35 bits per heavy atom. The number of halogens is 6. The van der Waals surface area contributed by atoms with Crippen molar-refractivity contribution in [2.24, 2.45) is 0 Å². The van der Waals surface area contributed by atoms with Crippen LogP contribution in [0.1, 0.15) is 41.9 Å². The summed E-state index contributed by atoms with van der Waals surface area (Å²) in [5, 5.41) is 11.2. The zero-order valence-electron chi connectivity index (χ0n) is 16.1. The predicted molar refractivity (Wildman–Crippen MR) is 96.5 cm³/mol. The van der Waals surface area contributed by atoms with Gasteiger partial charge in [0.15, 0.2) is 0 Å². The number of carbonyl (C=O) groups is 1. The molecule has 166 valence electrons. The van der Waals surface area contributed by atoms with E-state index in [1.54, 1.807) is 0 Å². The van der Waals surface area contributed by atoms with E-state index >= 15 is 0 Å². The second-order valence-corrected chi connectivity index (χ2v) is 7.68. The van der Waals surface area contributed by atoms with E-state index in [1.807, 2.05) is 0 Å². The molecule has 0 spiro atoms. The van der Waals surface area contributed by atoms with Gasteiger partial charge in [0.25, 0.3) is 0 Å². The van der Waals surface area contributed by atoms with Crippen molar-refractivity contribution >= 4 is 5.91 Å². The number of hydrogen-bond acceptors (Lipinski definition) is 3. The second-order valence-electron chi connectivity index (χ2n) is 7.68. The van der Waals surface area contributed by atoms with Crippen molar-refractivity contribution in [1.82, 2.24) is 10.2 Å². The van der Waals surface area contributed by atoms with Gasteiger partial charge >= 0.3 is 12.4 Å². The quantitative estimate of drug-likeness (QED) is 0.557. The molecule has 1 unspecified atom stereocenters. The largest absolute Gasteiger partial charge is 0.417 e. The SMILES string of the molecule is [C-]#[N+]C1CCN(C(=O)[C@@H]2CC(c3ccc(C#N)c(C(F)(F)F)c3)[C@H](C(F)(F)F)N2)CC1. The Labute approximate surface area is 174 Å². The van der Waals surface area contributed by atoms with Gasteiger partial charge in [0, 0.05) is 31.8 Å². The molecular formula is C20H18F6N4O. The van der Waals surface area contributed by atoms with E-state index < -0.39 is 47.4 Å². The van der Waals surface area contributed by atoms with Crippen molar-refractivity contribution in [1.29, 1.82) is 5.26 Å². The maximum absolute atomic E-state index is 13.7. The van der Waals surface area contributed by atoms with Crippen LogP contribution >= 0.6 is 0 Å². The predicted octanol–water partition coefficient (Wildman–Crippen LogP) is 3.86. The third kappa shape index (κ3) is 4.77. The lowest BCUT2D eigenvalue weighted by Gasteiger charge is -2.29. The van der Waals surface area contributed by atoms with Crippen molar-refractivity contribution in [2.75, 3.05) is 13.1 Å². The molecule has 0 radical (unpaired) electrons. The molecule has 2 saturated heterocycles. The highest BCUT2D eigenvalue weighted by atomic mass is 19.4. The number of rotatable bonds is 2. The van der Waals surface area contributed by atoms with Crippen LogP contribution in [0.5, 0.6) is 0 Å². The fourth-order valence-electron chi connectivity index (χ4n) is 4.17. The van der Waals surface area contributed by atoms with Crippen molar-refractivity contribution < 1.29 is 31.1 Å². The number of alkyl halides is 6. The zero-order chi connectivity index (χ0) is 23.0. The van der Waals surface area contributed by atoms with Gasteiger partial charge in [0.1, 0.15) is 6.04 Å². The fraction of sp³-hybridized carbons (Fsp3) is 0.550. The molecule has 0 saturated carbocycles. The van der Waals surface area contributed by atoms with Gasteiger partial charge in [-0.05, 0) is 24.1 Å². The summed E-state index contributed by atoms with van der Waals surface area (Å²) < 4.78 is 80.8. The maximum atomic E-state index is 13.7. The first kappa shape index (κ1) is 22.9. The molecule has 1 amide bonds. The van der Waals surface area contributed by atoms with Crippen LogP contribution in [0.3, 0.4) is 0 Å². The second kappa shape index (κ2) is 8.39. The van der Waals surface area contributed by atoms with Crippen LogP contribution in [-0.4, -0.2) is 48.2 Å². The molecule has 2 heterocycles. The number of benzene rings is 1. The lowest BCUT2D eigenvalue weighted by molar-refractivity contribution is -0.156. The lowest BCUT2D eigenvalue weighted by atomic mass is 9.88. The standard InChI is InChI=1S/C20H18F6N4O/c1-28-13-4-6-30(7-5-13)18(31)16-9-14(17(29-16)20(24,25)26)11-2-3-12(10-27)15(8-11)19(21,22)23/h2-3,8,13-14,16-17,29H,4-7,9H2/t14?,16-,17+/m0/s1. The highest BCUT2D eigenvalue weighted by molar-refractivity contribution is 5.82. The Kier molecular flexibility index (Phi) is 6.19. The first-order valence-electron chi connectivity index (χ1n) is 9.55. The Hall–Kier alpha value is -2.79. The summed E-state index contributed by atoms with van der Waals surface area (Å²) in [4.78, 5) is 17.6. The number of nitriles is 1. The van der Waals surface area contributed by atoms with Gasteiger partial charge in [-0.2, -0.15) is 31.6 Å². The van der Waals surface area contributed by atoms with Crippen molar-refractivity contribution in [2.45, 2.75) is 55.7 Å². The number of hydrogen-bond donors (Lipinski definition) is 1. The third-order valence-corrected chi connectivity index (χ3v) is 5.78. The van der Waals surface area contributed by atoms with Crippen LogP contribution in [0.2, 0.25) is 0 Å². The summed E-state index contributed by atoms with van der Waals surface area (Å²) in [5.41, 5.74) is -2.21. The van der Waals surface area contributed by atoms with Crippen molar-refractivity contribution in [3.8, 4) is 6.07 Å². The fourth-order valence-corrected chi connectivity index (χ4v) is 4.17. The normalized spacial score (nSPS) is 25.2. The number of piperidine rings is 1. The van der Waals surface area contributed by atoms with Gasteiger partial charge < -0.3 is 9.74 Å². The first-order valence-corrected chi connectivity index (χ1v) is 9.55. The summed E-state index contributed by atoms with van der Waals surface area (Å²) in [6.07, 6.45) is -9.15. The van der Waals surface area contributed by atoms with E-state index in [1.165, 1.54) is 11.0 Å². The Balaban J connectivity index is 1.87. The third-order valence-electron chi connectivity index (χ3n) is 5.78. The van der Waals surface area contributed by atoms with Crippen molar-refractivity contribution in [3.05, 3.63) is 46.3 Å². The molecule has 2 fully saturated rings. The van der Waals surface area contributed by atoms with Gasteiger partial charge in [0.2, 0.25) is 11.9 Å². The average molecular weight is 444 g/mol. The monoisotopic (exact) mass is 444 g/mol. The molecular weight excluding hydrogens is 426 g/mol. The summed E-state index contributed by atoms with van der Waals surface area (Å²) in [5.74, 6) is -1.96. The van der Waals surface area contributed by atoms with Gasteiger partial charge in [-0.3, -0.25) is 10.1 Å². The highest BCUT2D eigenvalue weighted by Crippen LogP contribution is 2.42. The van der Waals surface area contributed by atoms with Gasteiger partial charge in [-0.15, -0.1) is 0 Å². The van der Waals surface area contributed by atoms with E-state index in [9.17, 15) is 31.1 Å². The van der Waals surface area contributed by atoms with Crippen LogP contribution in [0.25, 0.3) is 4.85 Å². The van der Waals surface area contributed by atoms with Crippen LogP contribution in [0, 0.1) is 17.9 Å². The average Bonchev–Trinajstić information content (AvgIpc) is 3.18. The molecule has 0 bridgehead atoms. The Morgan fingerprint density at radius 2 is 1.84 bits per heavy atom. The number of amides is 1. The number of likely N-dealkylation sites (tertiary alicyclic amines) is 1. The molecule has 1 aromatic carbocycles. The first-order chi connectivity index (χ1) is 14.5. The van der Waals surface area contributed by atoms with Crippen molar-refractivity contribution in [3.63, 3.8) is 0 Å². The topological polar surface area (TPSA) is 60.5 Å². The molecule has 31 heavy (non-hydrogen) atoms. The molecule has 3 rings (SSSR count). The molecule has 2 aliphatic heterocycles. The Morgan fingerprint density at radius 1 is 1.19 bits per heavy atom. The summed E-state index contributed by atoms with van der Waals surface area (Å²) in [6, 6.07) is 0.274. The molecule has 0 aromatic heterocycles. The van der Waals surface area contributed by atoms with E-state index in [0.29, 0.717) is 18.9 Å². The van der Waals surface area contributed by atoms with Gasteiger partial charge in [-0.25, -0.2) is 6.57 Å². The van der Waals surface area contributed by atoms with Crippen LogP contribution in [-0.2, 0) is 11.0 Å². The smallest absolute Gasteiger partial charge is 0.341 e. The van der Waals surface area contributed by atoms with E-state index in [4.69, 9.17) is 11.8 Å². The lowest BCUT2D eigenvalue weighted by Crippen LogP contribution is -2.50. The minimum absolute atomic E-state index is 0.226. The number of carbonyl (C=O) groups excluding carboxylic acids is 1. The molecule has 5 nitrogen and oxygen atoms in total. The van der Waals surface area contributed by atoms with E-state index in [2.05, 4.69) is 10.2 Å². The Bertz CT molecular complexity index is 922. The van der Waals surface area contributed by atoms with E-state index in [0.717, 1.165) is 12.1 Å². The molecule has 11 heteroatoms. The maximum Gasteiger partial charge on any atom is 0.417 e. The molecule has 0 aliphatic carbocycles. The number of nitrogens with one attached hydrogen (secondary N) is 1. The summed E-state index contributed by atoms with van der Waals surface area (Å²) >= 11 is 0. The number of nitrogens with zero attached hydrogens (tertiary/aromatic N) is 3. The van der Waals surface area contributed by atoms with Gasteiger partial charge in [0.05, 0.1) is 23.2 Å². The molecule has 1 aromatic rings. The highest BCUT2D eigenvalue weighted by Gasteiger charge is 2.53. The molecule has 1 N–H and O–H groups in total. The van der Waals surface area contributed by atoms with Crippen LogP contribution in [0.15, 0.2) is 18.2 Å². The molecule has 3 atom stereocenters. The van der Waals surface area contributed by atoms with E-state index in [-0.39, 0.29) is 31.1 Å². The zero-order valence-corrected chi connectivity index (χ0v) is 16.1. The van der Waals surface area contributed by atoms with Gasteiger partial charge in [-0.1, -0.05) is 6.07 Å². The van der Waals surface area contributed by atoms with Crippen LogP contribution < -0.4 is 5.32 Å². The minimum atomic E-state index is -4.90. The van der Waals surface area contributed by atoms with Crippen LogP contribution in [0.4, 0.5) is 26.3 Å².